The molecule has 2 atom stereocenters. The summed E-state index contributed by atoms with van der Waals surface area (Å²) >= 11 is 0. The number of hydrogen-bond donors (Lipinski definition) is 2. The molecule has 1 aliphatic rings. The van der Waals surface area contributed by atoms with Crippen LogP contribution in [0.5, 0.6) is 0 Å². The van der Waals surface area contributed by atoms with Crippen LogP contribution in [0.25, 0.3) is 0 Å². The van der Waals surface area contributed by atoms with Gasteiger partial charge in [0.05, 0.1) is 0 Å². The number of aliphatic hydroxyl groups is 2. The van der Waals surface area contributed by atoms with Crippen molar-refractivity contribution in [3.8, 4) is 0 Å². The van der Waals surface area contributed by atoms with E-state index in [1.807, 2.05) is 0 Å². The quantitative estimate of drug-likeness (QED) is 0.692. The van der Waals surface area contributed by atoms with Crippen LogP contribution >= 0.6 is 0 Å². The van der Waals surface area contributed by atoms with Crippen molar-refractivity contribution in [1.82, 2.24) is 0 Å². The van der Waals surface area contributed by atoms with Crippen molar-refractivity contribution >= 4 is 0 Å². The minimum Gasteiger partial charge on any atom is -0.379 e. The molecule has 74 valence electrons. The van der Waals surface area contributed by atoms with Crippen molar-refractivity contribution in [2.45, 2.75) is 24.3 Å². The molecule has 0 saturated carbocycles. The van der Waals surface area contributed by atoms with Crippen LogP contribution in [0.4, 0.5) is 13.2 Å². The first-order chi connectivity index (χ1) is 5.90. The van der Waals surface area contributed by atoms with Crippen molar-refractivity contribution in [1.29, 1.82) is 0 Å². The lowest BCUT2D eigenvalue weighted by atomic mass is 9.87. The van der Waals surface area contributed by atoms with Crippen molar-refractivity contribution in [3.05, 3.63) is 24.3 Å². The Kier molecular flexibility index (Phi) is 2.49. The van der Waals surface area contributed by atoms with Gasteiger partial charge in [-0.3, -0.25) is 0 Å². The van der Waals surface area contributed by atoms with Gasteiger partial charge in [0.2, 0.25) is 0 Å². The highest BCUT2D eigenvalue weighted by molar-refractivity contribution is 5.22. The highest BCUT2D eigenvalue weighted by atomic mass is 19.3. The van der Waals surface area contributed by atoms with Gasteiger partial charge in [-0.25, -0.2) is 13.2 Å². The fourth-order valence-electron chi connectivity index (χ4n) is 1.06. The second kappa shape index (κ2) is 3.16. The first-order valence-electron chi connectivity index (χ1n) is 3.66. The van der Waals surface area contributed by atoms with E-state index >= 15 is 0 Å². The molecule has 0 saturated heterocycles. The topological polar surface area (TPSA) is 40.5 Å². The third kappa shape index (κ3) is 1.62. The molecule has 0 radical (unpaired) electrons. The summed E-state index contributed by atoms with van der Waals surface area (Å²) in [5.74, 6) is -3.91. The Morgan fingerprint density at radius 1 is 1.38 bits per heavy atom. The Balaban J connectivity index is 2.92. The van der Waals surface area contributed by atoms with Gasteiger partial charge in [-0.15, -0.1) is 0 Å². The van der Waals surface area contributed by atoms with Crippen LogP contribution in [0.1, 0.15) is 6.42 Å². The van der Waals surface area contributed by atoms with Gasteiger partial charge in [0.15, 0.2) is 5.60 Å². The molecule has 2 nitrogen and oxygen atoms in total. The lowest BCUT2D eigenvalue weighted by Crippen LogP contribution is -2.54. The van der Waals surface area contributed by atoms with Gasteiger partial charge in [-0.05, 0) is 6.08 Å². The zero-order valence-corrected chi connectivity index (χ0v) is 6.62. The molecule has 1 aliphatic carbocycles. The van der Waals surface area contributed by atoms with E-state index in [-0.39, 0.29) is 6.42 Å². The van der Waals surface area contributed by atoms with Gasteiger partial charge in [0.1, 0.15) is 0 Å². The SMILES string of the molecule is O[C@]1([C@@](O)(F)C(F)F)C=CC=CC1. The van der Waals surface area contributed by atoms with Gasteiger partial charge in [-0.1, -0.05) is 18.2 Å². The lowest BCUT2D eigenvalue weighted by molar-refractivity contribution is -0.267. The smallest absolute Gasteiger partial charge is 0.300 e. The average Bonchev–Trinajstić information content (AvgIpc) is 2.05. The maximum Gasteiger partial charge on any atom is 0.300 e. The fraction of sp³-hybridized carbons (Fsp3) is 0.500. The van der Waals surface area contributed by atoms with E-state index in [9.17, 15) is 18.3 Å². The van der Waals surface area contributed by atoms with Crippen molar-refractivity contribution in [3.63, 3.8) is 0 Å². The summed E-state index contributed by atoms with van der Waals surface area (Å²) in [6, 6.07) is 0. The van der Waals surface area contributed by atoms with Crippen LogP contribution < -0.4 is 0 Å². The van der Waals surface area contributed by atoms with E-state index < -0.39 is 17.9 Å². The van der Waals surface area contributed by atoms with Crippen LogP contribution in [-0.2, 0) is 0 Å². The normalized spacial score (nSPS) is 32.2. The number of hydrogen-bond acceptors (Lipinski definition) is 2. The van der Waals surface area contributed by atoms with E-state index in [1.54, 1.807) is 0 Å². The van der Waals surface area contributed by atoms with Crippen LogP contribution in [-0.4, -0.2) is 28.1 Å². The van der Waals surface area contributed by atoms with Crippen molar-refractivity contribution in [2.24, 2.45) is 0 Å². The largest absolute Gasteiger partial charge is 0.379 e. The third-order valence-corrected chi connectivity index (χ3v) is 1.94. The highest BCUT2D eigenvalue weighted by Crippen LogP contribution is 2.35. The Morgan fingerprint density at radius 3 is 2.38 bits per heavy atom. The average molecular weight is 194 g/mol. The number of halogens is 3. The second-order valence-corrected chi connectivity index (χ2v) is 2.89. The minimum absolute atomic E-state index is 0.374. The molecule has 0 fully saturated rings. The lowest BCUT2D eigenvalue weighted by Gasteiger charge is -2.34. The summed E-state index contributed by atoms with van der Waals surface area (Å²) in [6.45, 7) is 0. The Hall–Kier alpha value is -0.810. The Morgan fingerprint density at radius 2 is 2.00 bits per heavy atom. The Labute approximate surface area is 73.0 Å². The summed E-state index contributed by atoms with van der Waals surface area (Å²) in [5.41, 5.74) is -2.53. The van der Waals surface area contributed by atoms with Crippen molar-refractivity contribution < 1.29 is 23.4 Å². The van der Waals surface area contributed by atoms with E-state index in [1.165, 1.54) is 18.2 Å². The van der Waals surface area contributed by atoms with Crippen LogP contribution in [0, 0.1) is 0 Å². The number of alkyl halides is 3. The summed E-state index contributed by atoms with van der Waals surface area (Å²) in [4.78, 5) is 0. The Bertz CT molecular complexity index is 248. The summed E-state index contributed by atoms with van der Waals surface area (Å²) in [6.07, 6.45) is 0.771. The minimum atomic E-state index is -3.91. The van der Waals surface area contributed by atoms with Gasteiger partial charge in [0, 0.05) is 6.42 Å². The highest BCUT2D eigenvalue weighted by Gasteiger charge is 2.55. The molecule has 0 aromatic heterocycles. The van der Waals surface area contributed by atoms with Crippen LogP contribution in [0.15, 0.2) is 24.3 Å². The number of allylic oxidation sites excluding steroid dienone is 2. The standard InChI is InChI=1S/C8H9F3O2/c9-6(10)8(11,13)7(12)4-2-1-3-5-7/h1-4,6,12-13H,5H2/t7-,8-/m1/s1. The number of rotatable bonds is 2. The predicted molar refractivity (Wildman–Crippen MR) is 39.9 cm³/mol. The van der Waals surface area contributed by atoms with Gasteiger partial charge in [-0.2, -0.15) is 0 Å². The molecule has 0 aliphatic heterocycles. The first kappa shape index (κ1) is 10.3. The molecule has 0 aromatic rings. The molecule has 5 heteroatoms. The molecule has 0 bridgehead atoms. The van der Waals surface area contributed by atoms with Gasteiger partial charge < -0.3 is 10.2 Å². The molecule has 2 N–H and O–H groups in total. The maximum atomic E-state index is 13.0. The summed E-state index contributed by atoms with van der Waals surface area (Å²) in [7, 11) is 0. The van der Waals surface area contributed by atoms with E-state index in [0.717, 1.165) is 6.08 Å². The second-order valence-electron chi connectivity index (χ2n) is 2.89. The van der Waals surface area contributed by atoms with E-state index in [4.69, 9.17) is 5.11 Å². The van der Waals surface area contributed by atoms with Crippen LogP contribution in [0.2, 0.25) is 0 Å². The zero-order chi connectivity index (χ0) is 10.1. The molecule has 0 amide bonds. The van der Waals surface area contributed by atoms with Gasteiger partial charge >= 0.3 is 5.85 Å². The molecule has 0 aromatic carbocycles. The van der Waals surface area contributed by atoms with Gasteiger partial charge in [0.25, 0.3) is 6.43 Å². The molecule has 0 heterocycles. The fourth-order valence-corrected chi connectivity index (χ4v) is 1.06. The molecule has 0 unspecified atom stereocenters. The summed E-state index contributed by atoms with van der Waals surface area (Å²) < 4.78 is 37.0. The molecule has 1 rings (SSSR count). The first-order valence-corrected chi connectivity index (χ1v) is 3.66. The van der Waals surface area contributed by atoms with Crippen molar-refractivity contribution in [2.75, 3.05) is 0 Å². The monoisotopic (exact) mass is 194 g/mol. The summed E-state index contributed by atoms with van der Waals surface area (Å²) in [5, 5.41) is 18.1. The third-order valence-electron chi connectivity index (χ3n) is 1.94. The molecule has 13 heavy (non-hydrogen) atoms. The van der Waals surface area contributed by atoms with E-state index in [0.29, 0.717) is 0 Å². The molecular weight excluding hydrogens is 185 g/mol. The maximum absolute atomic E-state index is 13.0. The predicted octanol–water partition coefficient (Wildman–Crippen LogP) is 1.16. The molecule has 0 spiro atoms. The zero-order valence-electron chi connectivity index (χ0n) is 6.62. The van der Waals surface area contributed by atoms with Crippen LogP contribution in [0.3, 0.4) is 0 Å². The molecular formula is C8H9F3O2. The van der Waals surface area contributed by atoms with E-state index in [2.05, 4.69) is 0 Å².